The molecule has 0 bridgehead atoms. The van der Waals surface area contributed by atoms with E-state index in [9.17, 15) is 13.5 Å². The molecule has 0 aliphatic carbocycles. The lowest BCUT2D eigenvalue weighted by Gasteiger charge is -2.11. The van der Waals surface area contributed by atoms with Crippen LogP contribution in [-0.4, -0.2) is 26.2 Å². The fourth-order valence-corrected chi connectivity index (χ4v) is 2.47. The zero-order chi connectivity index (χ0) is 13.8. The predicted octanol–water partition coefficient (Wildman–Crippen LogP) is 0.190. The highest BCUT2D eigenvalue weighted by molar-refractivity contribution is 7.89. The molecule has 0 saturated heterocycles. The third kappa shape index (κ3) is 3.43. The summed E-state index contributed by atoms with van der Waals surface area (Å²) in [4.78, 5) is -0.0928. The summed E-state index contributed by atoms with van der Waals surface area (Å²) in [5.74, 6) is 0. The molecule has 1 unspecified atom stereocenters. The van der Waals surface area contributed by atoms with Crippen molar-refractivity contribution in [3.05, 3.63) is 23.8 Å². The number of anilines is 1. The molecule has 0 spiro atoms. The molecule has 0 heterocycles. The topological polar surface area (TPSA) is 116 Å². The first-order valence-corrected chi connectivity index (χ1v) is 6.86. The Labute approximate surface area is 106 Å². The van der Waals surface area contributed by atoms with Crippen LogP contribution < -0.4 is 10.5 Å². The van der Waals surface area contributed by atoms with Crippen LogP contribution in [-0.2, 0) is 10.0 Å². The summed E-state index contributed by atoms with van der Waals surface area (Å²) in [5.41, 5.74) is 5.89. The highest BCUT2D eigenvalue weighted by atomic mass is 32.2. The van der Waals surface area contributed by atoms with E-state index in [-0.39, 0.29) is 17.1 Å². The van der Waals surface area contributed by atoms with E-state index in [0.29, 0.717) is 12.0 Å². The van der Waals surface area contributed by atoms with Gasteiger partial charge in [0.2, 0.25) is 10.0 Å². The number of rotatable bonds is 5. The van der Waals surface area contributed by atoms with Crippen LogP contribution in [0.3, 0.4) is 0 Å². The Kier molecular flexibility index (Phi) is 4.67. The summed E-state index contributed by atoms with van der Waals surface area (Å²) < 4.78 is 26.0. The molecule has 0 saturated carbocycles. The van der Waals surface area contributed by atoms with Crippen molar-refractivity contribution < 1.29 is 13.5 Å². The van der Waals surface area contributed by atoms with Gasteiger partial charge in [-0.3, -0.25) is 0 Å². The van der Waals surface area contributed by atoms with Gasteiger partial charge in [0.25, 0.3) is 0 Å². The van der Waals surface area contributed by atoms with Gasteiger partial charge in [0.05, 0.1) is 23.4 Å². The Hall–Kier alpha value is -1.62. The van der Waals surface area contributed by atoms with Crippen LogP contribution >= 0.6 is 0 Å². The smallest absolute Gasteiger partial charge is 0.242 e. The molecule has 1 aromatic carbocycles. The molecule has 1 aromatic rings. The predicted molar refractivity (Wildman–Crippen MR) is 67.1 cm³/mol. The third-order valence-electron chi connectivity index (χ3n) is 2.41. The second-order valence-electron chi connectivity index (χ2n) is 3.78. The molecule has 98 valence electrons. The number of nitrogen functional groups attached to an aromatic ring is 1. The summed E-state index contributed by atoms with van der Waals surface area (Å²) >= 11 is 0. The van der Waals surface area contributed by atoms with Crippen molar-refractivity contribution in [2.45, 2.75) is 24.3 Å². The number of nitrogens with two attached hydrogens (primary N) is 1. The second kappa shape index (κ2) is 5.82. The van der Waals surface area contributed by atoms with Gasteiger partial charge in [-0.1, -0.05) is 6.92 Å². The average Bonchev–Trinajstić information content (AvgIpc) is 2.35. The van der Waals surface area contributed by atoms with Gasteiger partial charge in [0.1, 0.15) is 4.90 Å². The monoisotopic (exact) mass is 269 g/mol. The van der Waals surface area contributed by atoms with E-state index in [0.717, 1.165) is 0 Å². The first kappa shape index (κ1) is 14.4. The number of hydrogen-bond donors (Lipinski definition) is 3. The van der Waals surface area contributed by atoms with Gasteiger partial charge in [-0.15, -0.1) is 0 Å². The zero-order valence-corrected chi connectivity index (χ0v) is 10.7. The number of nitriles is 1. The minimum absolute atomic E-state index is 0.00698. The fraction of sp³-hybridized carbons (Fsp3) is 0.364. The molecule has 0 amide bonds. The molecule has 1 rings (SSSR count). The molecular formula is C11H15N3O3S. The van der Waals surface area contributed by atoms with E-state index in [4.69, 9.17) is 11.0 Å². The van der Waals surface area contributed by atoms with Crippen molar-refractivity contribution in [3.8, 4) is 6.07 Å². The largest absolute Gasteiger partial charge is 0.398 e. The molecule has 0 radical (unpaired) electrons. The summed E-state index contributed by atoms with van der Waals surface area (Å²) in [6.45, 7) is 1.67. The maximum Gasteiger partial charge on any atom is 0.242 e. The van der Waals surface area contributed by atoms with Gasteiger partial charge < -0.3 is 10.8 Å². The van der Waals surface area contributed by atoms with Gasteiger partial charge >= 0.3 is 0 Å². The minimum Gasteiger partial charge on any atom is -0.398 e. The van der Waals surface area contributed by atoms with Crippen LogP contribution in [0, 0.1) is 11.3 Å². The number of nitrogens with zero attached hydrogens (tertiary/aromatic N) is 1. The Balaban J connectivity index is 2.96. The third-order valence-corrected chi connectivity index (χ3v) is 3.91. The Morgan fingerprint density at radius 1 is 1.56 bits per heavy atom. The first-order valence-electron chi connectivity index (χ1n) is 5.38. The summed E-state index contributed by atoms with van der Waals surface area (Å²) in [5, 5.41) is 18.0. The van der Waals surface area contributed by atoms with E-state index in [1.807, 2.05) is 6.07 Å². The minimum atomic E-state index is -3.77. The van der Waals surface area contributed by atoms with Gasteiger partial charge in [-0.05, 0) is 24.6 Å². The highest BCUT2D eigenvalue weighted by Crippen LogP contribution is 2.19. The molecule has 0 aliphatic rings. The normalized spacial score (nSPS) is 12.9. The van der Waals surface area contributed by atoms with E-state index >= 15 is 0 Å². The van der Waals surface area contributed by atoms with Gasteiger partial charge in [-0.2, -0.15) is 5.26 Å². The van der Waals surface area contributed by atoms with Crippen LogP contribution in [0.2, 0.25) is 0 Å². The number of aliphatic hydroxyl groups is 1. The lowest BCUT2D eigenvalue weighted by molar-refractivity contribution is 0.174. The van der Waals surface area contributed by atoms with Crippen molar-refractivity contribution in [2.75, 3.05) is 12.3 Å². The second-order valence-corrected chi connectivity index (χ2v) is 5.51. The van der Waals surface area contributed by atoms with E-state index in [1.165, 1.54) is 18.2 Å². The van der Waals surface area contributed by atoms with Crippen molar-refractivity contribution in [2.24, 2.45) is 0 Å². The van der Waals surface area contributed by atoms with E-state index in [1.54, 1.807) is 6.92 Å². The molecule has 1 atom stereocenters. The number of hydrogen-bond acceptors (Lipinski definition) is 5. The lowest BCUT2D eigenvalue weighted by atomic mass is 10.2. The maximum absolute atomic E-state index is 11.9. The van der Waals surface area contributed by atoms with Crippen molar-refractivity contribution in [3.63, 3.8) is 0 Å². The van der Waals surface area contributed by atoms with Crippen molar-refractivity contribution >= 4 is 15.7 Å². The van der Waals surface area contributed by atoms with Crippen LogP contribution in [0.15, 0.2) is 23.1 Å². The molecule has 0 fully saturated rings. The Bertz CT molecular complexity index is 563. The number of aliphatic hydroxyl groups excluding tert-OH is 1. The SMILES string of the molecule is CCC(O)CNS(=O)(=O)c1ccc(C#N)cc1N. The van der Waals surface area contributed by atoms with Gasteiger partial charge in [0.15, 0.2) is 0 Å². The average molecular weight is 269 g/mol. The lowest BCUT2D eigenvalue weighted by Crippen LogP contribution is -2.32. The Morgan fingerprint density at radius 3 is 2.72 bits per heavy atom. The van der Waals surface area contributed by atoms with E-state index in [2.05, 4.69) is 4.72 Å². The van der Waals surface area contributed by atoms with Crippen LogP contribution in [0.5, 0.6) is 0 Å². The van der Waals surface area contributed by atoms with Crippen LogP contribution in [0.25, 0.3) is 0 Å². The van der Waals surface area contributed by atoms with Crippen molar-refractivity contribution in [1.29, 1.82) is 5.26 Å². The zero-order valence-electron chi connectivity index (χ0n) is 9.92. The first-order chi connectivity index (χ1) is 8.40. The standard InChI is InChI=1S/C11H15N3O3S/c1-2-9(15)7-14-18(16,17)11-4-3-8(6-12)5-10(11)13/h3-5,9,14-15H,2,7,13H2,1H3. The molecule has 0 aliphatic heterocycles. The molecule has 7 heteroatoms. The molecule has 18 heavy (non-hydrogen) atoms. The van der Waals surface area contributed by atoms with Crippen LogP contribution in [0.1, 0.15) is 18.9 Å². The van der Waals surface area contributed by atoms with Crippen molar-refractivity contribution in [1.82, 2.24) is 4.72 Å². The number of sulfonamides is 1. The van der Waals surface area contributed by atoms with Gasteiger partial charge in [-0.25, -0.2) is 13.1 Å². The summed E-state index contributed by atoms with van der Waals surface area (Å²) in [6.07, 6.45) is -0.287. The summed E-state index contributed by atoms with van der Waals surface area (Å²) in [6, 6.07) is 5.82. The molecule has 6 nitrogen and oxygen atoms in total. The molecular weight excluding hydrogens is 254 g/mol. The fourth-order valence-electron chi connectivity index (χ4n) is 1.29. The highest BCUT2D eigenvalue weighted by Gasteiger charge is 2.18. The number of benzene rings is 1. The van der Waals surface area contributed by atoms with Gasteiger partial charge in [0, 0.05) is 6.54 Å². The Morgan fingerprint density at radius 2 is 2.22 bits per heavy atom. The van der Waals surface area contributed by atoms with E-state index < -0.39 is 16.1 Å². The molecule has 4 N–H and O–H groups in total. The number of nitrogens with one attached hydrogen (secondary N) is 1. The quantitative estimate of drug-likeness (QED) is 0.660. The molecule has 0 aromatic heterocycles. The summed E-state index contributed by atoms with van der Waals surface area (Å²) in [7, 11) is -3.77. The maximum atomic E-state index is 11.9. The van der Waals surface area contributed by atoms with Crippen LogP contribution in [0.4, 0.5) is 5.69 Å².